The highest BCUT2D eigenvalue weighted by atomic mass is 16.3. The van der Waals surface area contributed by atoms with E-state index in [0.29, 0.717) is 6.42 Å². The number of nitrogens with one attached hydrogen (secondary N) is 1. The highest BCUT2D eigenvalue weighted by molar-refractivity contribution is 5.94. The number of carbonyl (C=O) groups excluding carboxylic acids is 2. The van der Waals surface area contributed by atoms with Gasteiger partial charge in [0.2, 0.25) is 5.91 Å². The molecule has 0 aliphatic heterocycles. The molecule has 0 fully saturated rings. The first-order chi connectivity index (χ1) is 8.90. The average Bonchev–Trinajstić information content (AvgIpc) is 2.79. The van der Waals surface area contributed by atoms with Gasteiger partial charge in [-0.25, -0.2) is 0 Å². The molecule has 0 radical (unpaired) electrons. The van der Waals surface area contributed by atoms with Crippen molar-refractivity contribution >= 4 is 11.8 Å². The van der Waals surface area contributed by atoms with Crippen molar-refractivity contribution in [3.8, 4) is 0 Å². The molecule has 19 heavy (non-hydrogen) atoms. The molecule has 106 valence electrons. The molecule has 2 amide bonds. The molecule has 0 saturated carbocycles. The Balaban J connectivity index is 2.42. The van der Waals surface area contributed by atoms with Crippen LogP contribution in [-0.4, -0.2) is 47.6 Å². The zero-order chi connectivity index (χ0) is 14.4. The lowest BCUT2D eigenvalue weighted by molar-refractivity contribution is -0.122. The molecule has 2 atom stereocenters. The number of nitrogens with zero attached hydrogens (tertiary/aromatic N) is 1. The molecular weight excluding hydrogens is 248 g/mol. The molecule has 6 nitrogen and oxygen atoms in total. The Morgan fingerprint density at radius 1 is 1.47 bits per heavy atom. The summed E-state index contributed by atoms with van der Waals surface area (Å²) >= 11 is 0. The number of likely N-dealkylation sites (N-methyl/N-ethyl adjacent to an activating group) is 1. The summed E-state index contributed by atoms with van der Waals surface area (Å²) in [4.78, 5) is 24.8. The quantitative estimate of drug-likeness (QED) is 0.792. The van der Waals surface area contributed by atoms with Gasteiger partial charge in [0.25, 0.3) is 5.91 Å². The van der Waals surface area contributed by atoms with Crippen molar-refractivity contribution < 1.29 is 19.1 Å². The van der Waals surface area contributed by atoms with Crippen LogP contribution in [0.25, 0.3) is 0 Å². The maximum atomic E-state index is 11.8. The normalized spacial score (nSPS) is 13.7. The summed E-state index contributed by atoms with van der Waals surface area (Å²) in [5, 5.41) is 11.9. The third-order valence-corrected chi connectivity index (χ3v) is 2.56. The van der Waals surface area contributed by atoms with Crippen LogP contribution in [0.5, 0.6) is 0 Å². The Bertz CT molecular complexity index is 414. The minimum absolute atomic E-state index is 0.0519. The summed E-state index contributed by atoms with van der Waals surface area (Å²) in [6.45, 7) is 3.41. The topological polar surface area (TPSA) is 82.8 Å². The van der Waals surface area contributed by atoms with Gasteiger partial charge in [-0.2, -0.15) is 0 Å². The van der Waals surface area contributed by atoms with E-state index in [1.807, 2.05) is 0 Å². The van der Waals surface area contributed by atoms with Crippen LogP contribution in [0, 0.1) is 0 Å². The number of hydrogen-bond acceptors (Lipinski definition) is 4. The molecule has 2 unspecified atom stereocenters. The van der Waals surface area contributed by atoms with E-state index >= 15 is 0 Å². The molecule has 1 rings (SSSR count). The number of aliphatic hydroxyl groups excluding tert-OH is 1. The van der Waals surface area contributed by atoms with Crippen molar-refractivity contribution in [2.45, 2.75) is 32.4 Å². The molecule has 1 aromatic heterocycles. The standard InChI is InChI=1S/C13H20N2O4/c1-9(7-10(2)16)14-12(17)8-15(3)13(18)11-5-4-6-19-11/h4-6,9-10,16H,7-8H2,1-3H3,(H,14,17). The third-order valence-electron chi connectivity index (χ3n) is 2.56. The summed E-state index contributed by atoms with van der Waals surface area (Å²) in [6.07, 6.45) is 1.41. The molecule has 0 saturated heterocycles. The fraction of sp³-hybridized carbons (Fsp3) is 0.538. The highest BCUT2D eigenvalue weighted by Crippen LogP contribution is 2.04. The fourth-order valence-corrected chi connectivity index (χ4v) is 1.77. The summed E-state index contributed by atoms with van der Waals surface area (Å²) in [5.74, 6) is -0.411. The monoisotopic (exact) mass is 268 g/mol. The van der Waals surface area contributed by atoms with Crippen LogP contribution in [0.4, 0.5) is 0 Å². The number of carbonyl (C=O) groups is 2. The number of amides is 2. The van der Waals surface area contributed by atoms with Crippen molar-refractivity contribution in [2.75, 3.05) is 13.6 Å². The molecule has 0 aliphatic rings. The Labute approximate surface area is 112 Å². The van der Waals surface area contributed by atoms with Crippen LogP contribution in [0.1, 0.15) is 30.8 Å². The van der Waals surface area contributed by atoms with Gasteiger partial charge >= 0.3 is 0 Å². The molecule has 0 spiro atoms. The minimum atomic E-state index is -0.474. The predicted octanol–water partition coefficient (Wildman–Crippen LogP) is 0.627. The zero-order valence-corrected chi connectivity index (χ0v) is 11.4. The zero-order valence-electron chi connectivity index (χ0n) is 11.4. The number of hydrogen-bond donors (Lipinski definition) is 2. The minimum Gasteiger partial charge on any atom is -0.459 e. The van der Waals surface area contributed by atoms with Gasteiger partial charge in [-0.3, -0.25) is 9.59 Å². The second-order valence-electron chi connectivity index (χ2n) is 4.69. The predicted molar refractivity (Wildman–Crippen MR) is 69.6 cm³/mol. The fourth-order valence-electron chi connectivity index (χ4n) is 1.77. The van der Waals surface area contributed by atoms with E-state index in [0.717, 1.165) is 0 Å². The van der Waals surface area contributed by atoms with E-state index < -0.39 is 6.10 Å². The highest BCUT2D eigenvalue weighted by Gasteiger charge is 2.18. The largest absolute Gasteiger partial charge is 0.459 e. The van der Waals surface area contributed by atoms with Gasteiger partial charge in [0.1, 0.15) is 0 Å². The Kier molecular flexibility index (Phi) is 5.57. The van der Waals surface area contributed by atoms with E-state index in [9.17, 15) is 14.7 Å². The van der Waals surface area contributed by atoms with Crippen LogP contribution in [0.15, 0.2) is 22.8 Å². The molecule has 0 aromatic carbocycles. The Morgan fingerprint density at radius 3 is 2.68 bits per heavy atom. The van der Waals surface area contributed by atoms with E-state index in [1.54, 1.807) is 26.0 Å². The molecule has 2 N–H and O–H groups in total. The van der Waals surface area contributed by atoms with Gasteiger partial charge in [0.05, 0.1) is 18.9 Å². The maximum Gasteiger partial charge on any atom is 0.289 e. The second-order valence-corrected chi connectivity index (χ2v) is 4.69. The van der Waals surface area contributed by atoms with E-state index in [4.69, 9.17) is 4.42 Å². The van der Waals surface area contributed by atoms with Crippen molar-refractivity contribution in [1.29, 1.82) is 0 Å². The third kappa shape index (κ3) is 5.13. The first-order valence-electron chi connectivity index (χ1n) is 6.16. The van der Waals surface area contributed by atoms with Crippen molar-refractivity contribution in [1.82, 2.24) is 10.2 Å². The van der Waals surface area contributed by atoms with Gasteiger partial charge < -0.3 is 19.7 Å². The van der Waals surface area contributed by atoms with Crippen LogP contribution < -0.4 is 5.32 Å². The summed E-state index contributed by atoms with van der Waals surface area (Å²) in [5.41, 5.74) is 0. The lowest BCUT2D eigenvalue weighted by Crippen LogP contribution is -2.42. The lowest BCUT2D eigenvalue weighted by atomic mass is 10.1. The second kappa shape index (κ2) is 6.94. The number of furan rings is 1. The van der Waals surface area contributed by atoms with E-state index in [-0.39, 0.29) is 30.2 Å². The lowest BCUT2D eigenvalue weighted by Gasteiger charge is -2.19. The van der Waals surface area contributed by atoms with Crippen LogP contribution in [-0.2, 0) is 4.79 Å². The van der Waals surface area contributed by atoms with Crippen molar-refractivity contribution in [3.63, 3.8) is 0 Å². The van der Waals surface area contributed by atoms with E-state index in [1.165, 1.54) is 18.2 Å². The first-order valence-corrected chi connectivity index (χ1v) is 6.16. The summed E-state index contributed by atoms with van der Waals surface area (Å²) in [6, 6.07) is 3.03. The molecule has 6 heteroatoms. The molecule has 1 aromatic rings. The average molecular weight is 268 g/mol. The summed E-state index contributed by atoms with van der Waals surface area (Å²) in [7, 11) is 1.53. The van der Waals surface area contributed by atoms with E-state index in [2.05, 4.69) is 5.32 Å². The Morgan fingerprint density at radius 2 is 2.16 bits per heavy atom. The van der Waals surface area contributed by atoms with Gasteiger partial charge in [0.15, 0.2) is 5.76 Å². The molecule has 0 aliphatic carbocycles. The van der Waals surface area contributed by atoms with Gasteiger partial charge in [0, 0.05) is 13.1 Å². The van der Waals surface area contributed by atoms with Crippen molar-refractivity contribution in [2.24, 2.45) is 0 Å². The summed E-state index contributed by atoms with van der Waals surface area (Å²) < 4.78 is 4.98. The maximum absolute atomic E-state index is 11.8. The molecular formula is C13H20N2O4. The smallest absolute Gasteiger partial charge is 0.289 e. The number of aliphatic hydroxyl groups is 1. The number of rotatable bonds is 6. The van der Waals surface area contributed by atoms with Gasteiger partial charge in [-0.1, -0.05) is 0 Å². The Hall–Kier alpha value is -1.82. The van der Waals surface area contributed by atoms with Crippen LogP contribution >= 0.6 is 0 Å². The van der Waals surface area contributed by atoms with Gasteiger partial charge in [-0.05, 0) is 32.4 Å². The van der Waals surface area contributed by atoms with Gasteiger partial charge in [-0.15, -0.1) is 0 Å². The first kappa shape index (κ1) is 15.2. The SMILES string of the molecule is CC(O)CC(C)NC(=O)CN(C)C(=O)c1ccco1. The van der Waals surface area contributed by atoms with Crippen LogP contribution in [0.2, 0.25) is 0 Å². The molecule has 1 heterocycles. The molecule has 0 bridgehead atoms. The van der Waals surface area contributed by atoms with Crippen molar-refractivity contribution in [3.05, 3.63) is 24.2 Å². The van der Waals surface area contributed by atoms with Crippen LogP contribution in [0.3, 0.4) is 0 Å².